The van der Waals surface area contributed by atoms with Crippen molar-refractivity contribution >= 4 is 0 Å². The van der Waals surface area contributed by atoms with E-state index in [1.807, 2.05) is 6.08 Å². The zero-order chi connectivity index (χ0) is 15.9. The lowest BCUT2D eigenvalue weighted by molar-refractivity contribution is 0.429. The molecule has 1 N–H and O–H groups in total. The van der Waals surface area contributed by atoms with E-state index in [9.17, 15) is 0 Å². The third-order valence-electron chi connectivity index (χ3n) is 3.84. The molecule has 0 aliphatic carbocycles. The van der Waals surface area contributed by atoms with Crippen molar-refractivity contribution < 1.29 is 0 Å². The zero-order valence-electron chi connectivity index (χ0n) is 14.6. The minimum Gasteiger partial charge on any atom is -0.312 e. The van der Waals surface area contributed by atoms with E-state index in [1.165, 1.54) is 36.2 Å². The number of unbranched alkanes of at least 4 members (excludes halogenated alkanes) is 3. The van der Waals surface area contributed by atoms with Gasteiger partial charge in [-0.25, -0.2) is 0 Å². The normalized spacial score (nSPS) is 11.9. The lowest BCUT2D eigenvalue weighted by atomic mass is 10.1. The topological polar surface area (TPSA) is 29.9 Å². The number of aromatic nitrogens is 2. The summed E-state index contributed by atoms with van der Waals surface area (Å²) in [6.45, 7) is 16.8. The maximum absolute atomic E-state index is 4.71. The van der Waals surface area contributed by atoms with Crippen LogP contribution in [-0.4, -0.2) is 21.9 Å². The van der Waals surface area contributed by atoms with Gasteiger partial charge in [-0.2, -0.15) is 5.10 Å². The number of hydrogen-bond donors (Lipinski definition) is 1. The van der Waals surface area contributed by atoms with E-state index in [2.05, 4.69) is 51.2 Å². The molecule has 1 heterocycles. The van der Waals surface area contributed by atoms with Gasteiger partial charge in [0.1, 0.15) is 0 Å². The largest absolute Gasteiger partial charge is 0.312 e. The van der Waals surface area contributed by atoms with E-state index in [0.717, 1.165) is 25.9 Å². The van der Waals surface area contributed by atoms with E-state index >= 15 is 0 Å². The first-order chi connectivity index (χ1) is 9.85. The Kier molecular flexibility index (Phi) is 7.16. The molecule has 0 radical (unpaired) electrons. The minimum atomic E-state index is 0.183. The van der Waals surface area contributed by atoms with Crippen LogP contribution in [0.3, 0.4) is 0 Å². The van der Waals surface area contributed by atoms with Crippen LogP contribution in [0.15, 0.2) is 12.7 Å². The molecule has 3 heteroatoms. The van der Waals surface area contributed by atoms with Crippen molar-refractivity contribution in [3.63, 3.8) is 0 Å². The summed E-state index contributed by atoms with van der Waals surface area (Å²) in [7, 11) is 0. The van der Waals surface area contributed by atoms with E-state index in [-0.39, 0.29) is 5.54 Å². The first kappa shape index (κ1) is 18.0. The molecule has 3 nitrogen and oxygen atoms in total. The average molecular weight is 291 g/mol. The van der Waals surface area contributed by atoms with Gasteiger partial charge < -0.3 is 5.32 Å². The van der Waals surface area contributed by atoms with Gasteiger partial charge in [-0.05, 0) is 72.4 Å². The molecule has 0 amide bonds. The average Bonchev–Trinajstić information content (AvgIpc) is 2.65. The Morgan fingerprint density at radius 3 is 2.52 bits per heavy atom. The zero-order valence-corrected chi connectivity index (χ0v) is 14.6. The minimum absolute atomic E-state index is 0.183. The molecule has 0 fully saturated rings. The van der Waals surface area contributed by atoms with Crippen molar-refractivity contribution in [2.75, 3.05) is 6.54 Å². The van der Waals surface area contributed by atoms with E-state index in [1.54, 1.807) is 0 Å². The van der Waals surface area contributed by atoms with Gasteiger partial charge in [0.05, 0.1) is 5.69 Å². The lowest BCUT2D eigenvalue weighted by Gasteiger charge is -2.20. The van der Waals surface area contributed by atoms with Gasteiger partial charge in [0.2, 0.25) is 0 Å². The molecule has 0 saturated carbocycles. The highest BCUT2D eigenvalue weighted by molar-refractivity contribution is 5.24. The van der Waals surface area contributed by atoms with Crippen molar-refractivity contribution in [2.45, 2.75) is 78.8 Å². The van der Waals surface area contributed by atoms with E-state index in [4.69, 9.17) is 5.10 Å². The summed E-state index contributed by atoms with van der Waals surface area (Å²) in [5, 5.41) is 8.27. The molecule has 0 spiro atoms. The van der Waals surface area contributed by atoms with Gasteiger partial charge in [-0.15, -0.1) is 6.58 Å². The Morgan fingerprint density at radius 1 is 1.19 bits per heavy atom. The maximum Gasteiger partial charge on any atom is 0.0628 e. The Bertz CT molecular complexity index is 438. The van der Waals surface area contributed by atoms with Gasteiger partial charge in [0, 0.05) is 17.8 Å². The predicted octanol–water partition coefficient (Wildman–Crippen LogP) is 4.18. The van der Waals surface area contributed by atoms with Gasteiger partial charge in [0.15, 0.2) is 0 Å². The molecule has 0 aliphatic heterocycles. The Hall–Kier alpha value is -1.09. The second kappa shape index (κ2) is 8.38. The molecule has 0 atom stereocenters. The Labute approximate surface area is 130 Å². The summed E-state index contributed by atoms with van der Waals surface area (Å²) in [6, 6.07) is 0. The van der Waals surface area contributed by atoms with Gasteiger partial charge >= 0.3 is 0 Å². The molecule has 21 heavy (non-hydrogen) atoms. The highest BCUT2D eigenvalue weighted by Crippen LogP contribution is 2.15. The lowest BCUT2D eigenvalue weighted by Crippen LogP contribution is -2.37. The fraction of sp³-hybridized carbons (Fsp3) is 0.722. The fourth-order valence-electron chi connectivity index (χ4n) is 2.60. The Morgan fingerprint density at radius 2 is 1.90 bits per heavy atom. The van der Waals surface area contributed by atoms with Crippen LogP contribution in [0.1, 0.15) is 63.4 Å². The summed E-state index contributed by atoms with van der Waals surface area (Å²) in [4.78, 5) is 0. The molecular weight excluding hydrogens is 258 g/mol. The molecule has 1 rings (SSSR count). The molecule has 0 aliphatic rings. The van der Waals surface area contributed by atoms with Crippen molar-refractivity contribution in [2.24, 2.45) is 0 Å². The van der Waals surface area contributed by atoms with E-state index in [0.29, 0.717) is 0 Å². The number of hydrogen-bond acceptors (Lipinski definition) is 2. The predicted molar refractivity (Wildman–Crippen MR) is 91.8 cm³/mol. The molecule has 0 aromatic carbocycles. The third kappa shape index (κ3) is 6.47. The SMILES string of the molecule is C=CCCCCCn1nc(C)c(CCNC(C)(C)C)c1C. The summed E-state index contributed by atoms with van der Waals surface area (Å²) in [6.07, 6.45) is 7.89. The van der Waals surface area contributed by atoms with Gasteiger partial charge in [-0.3, -0.25) is 4.68 Å². The summed E-state index contributed by atoms with van der Waals surface area (Å²) in [5.41, 5.74) is 4.13. The third-order valence-corrected chi connectivity index (χ3v) is 3.84. The fourth-order valence-corrected chi connectivity index (χ4v) is 2.60. The molecule has 1 aromatic rings. The van der Waals surface area contributed by atoms with Crippen LogP contribution in [0.25, 0.3) is 0 Å². The van der Waals surface area contributed by atoms with Crippen molar-refractivity contribution in [3.05, 3.63) is 29.6 Å². The summed E-state index contributed by atoms with van der Waals surface area (Å²) < 4.78 is 2.19. The van der Waals surface area contributed by atoms with Gasteiger partial charge in [0.25, 0.3) is 0 Å². The van der Waals surface area contributed by atoms with Crippen molar-refractivity contribution in [1.82, 2.24) is 15.1 Å². The van der Waals surface area contributed by atoms with Gasteiger partial charge in [-0.1, -0.05) is 12.5 Å². The van der Waals surface area contributed by atoms with Crippen LogP contribution >= 0.6 is 0 Å². The summed E-state index contributed by atoms with van der Waals surface area (Å²) >= 11 is 0. The number of rotatable bonds is 9. The van der Waals surface area contributed by atoms with Crippen LogP contribution in [0.5, 0.6) is 0 Å². The standard InChI is InChI=1S/C18H33N3/c1-7-8-9-10-11-14-21-16(3)17(15(2)20-21)12-13-19-18(4,5)6/h7,19H,1,8-14H2,2-6H3. The first-order valence-corrected chi connectivity index (χ1v) is 8.24. The van der Waals surface area contributed by atoms with Crippen LogP contribution in [0, 0.1) is 13.8 Å². The number of aryl methyl sites for hydroxylation is 2. The second-order valence-electron chi connectivity index (χ2n) is 6.94. The Balaban J connectivity index is 2.49. The number of nitrogens with one attached hydrogen (secondary N) is 1. The second-order valence-corrected chi connectivity index (χ2v) is 6.94. The van der Waals surface area contributed by atoms with Crippen LogP contribution in [-0.2, 0) is 13.0 Å². The van der Waals surface area contributed by atoms with Crippen LogP contribution in [0.2, 0.25) is 0 Å². The highest BCUT2D eigenvalue weighted by atomic mass is 15.3. The first-order valence-electron chi connectivity index (χ1n) is 8.24. The highest BCUT2D eigenvalue weighted by Gasteiger charge is 2.13. The van der Waals surface area contributed by atoms with Crippen molar-refractivity contribution in [3.8, 4) is 0 Å². The maximum atomic E-state index is 4.71. The molecule has 0 unspecified atom stereocenters. The quantitative estimate of drug-likeness (QED) is 0.546. The molecule has 0 bridgehead atoms. The molecule has 1 aromatic heterocycles. The molecular formula is C18H33N3. The molecule has 0 saturated heterocycles. The van der Waals surface area contributed by atoms with Crippen LogP contribution in [0.4, 0.5) is 0 Å². The van der Waals surface area contributed by atoms with Crippen LogP contribution < -0.4 is 5.32 Å². The molecule has 120 valence electrons. The summed E-state index contributed by atoms with van der Waals surface area (Å²) in [5.74, 6) is 0. The number of nitrogens with zero attached hydrogens (tertiary/aromatic N) is 2. The monoisotopic (exact) mass is 291 g/mol. The van der Waals surface area contributed by atoms with E-state index < -0.39 is 0 Å². The van der Waals surface area contributed by atoms with Crippen molar-refractivity contribution in [1.29, 1.82) is 0 Å². The smallest absolute Gasteiger partial charge is 0.0628 e. The number of allylic oxidation sites excluding steroid dienone is 1.